The summed E-state index contributed by atoms with van der Waals surface area (Å²) in [6, 6.07) is 4.16. The maximum Gasteiger partial charge on any atom is 0.383 e. The molecule has 35 heavy (non-hydrogen) atoms. The van der Waals surface area contributed by atoms with E-state index >= 15 is 0 Å². The van der Waals surface area contributed by atoms with Gasteiger partial charge in [-0.05, 0) is 31.1 Å². The van der Waals surface area contributed by atoms with Crippen molar-refractivity contribution in [1.82, 2.24) is 0 Å². The van der Waals surface area contributed by atoms with Crippen LogP contribution in [0.4, 0.5) is 0 Å². The van der Waals surface area contributed by atoms with Crippen LogP contribution in [0.2, 0.25) is 0 Å². The lowest BCUT2D eigenvalue weighted by Gasteiger charge is -2.39. The molecule has 1 aromatic heterocycles. The first-order valence-electron chi connectivity index (χ1n) is 12.0. The third-order valence-corrected chi connectivity index (χ3v) is 5.92. The summed E-state index contributed by atoms with van der Waals surface area (Å²) in [7, 11) is 0. The van der Waals surface area contributed by atoms with Gasteiger partial charge in [-0.25, -0.2) is 4.79 Å². The Labute approximate surface area is 203 Å². The number of hydrogen-bond acceptors (Lipinski definition) is 10. The van der Waals surface area contributed by atoms with E-state index in [1.807, 2.05) is 0 Å². The molecular weight excluding hydrogens is 460 g/mol. The van der Waals surface area contributed by atoms with Crippen molar-refractivity contribution >= 4 is 11.0 Å². The fraction of sp³-hybridized carbons (Fsp3) is 0.560. The van der Waals surface area contributed by atoms with E-state index < -0.39 is 42.9 Å². The molecule has 0 amide bonds. The Morgan fingerprint density at radius 1 is 1.03 bits per heavy atom. The lowest BCUT2D eigenvalue weighted by Crippen LogP contribution is -2.60. The zero-order valence-electron chi connectivity index (χ0n) is 19.7. The number of aliphatic hydroxyl groups is 4. The van der Waals surface area contributed by atoms with Crippen molar-refractivity contribution < 1.29 is 44.2 Å². The van der Waals surface area contributed by atoms with Crippen LogP contribution in [0.1, 0.15) is 51.9 Å². The molecule has 0 bridgehead atoms. The van der Waals surface area contributed by atoms with E-state index in [0.717, 1.165) is 19.3 Å². The highest BCUT2D eigenvalue weighted by Gasteiger charge is 2.44. The molecule has 3 rings (SSSR count). The minimum Gasteiger partial charge on any atom is -0.504 e. The van der Waals surface area contributed by atoms with E-state index in [2.05, 4.69) is 6.92 Å². The number of hydrogen-bond donors (Lipinski definition) is 5. The predicted molar refractivity (Wildman–Crippen MR) is 126 cm³/mol. The number of unbranched alkanes of at least 4 members (excludes halogenated alkanes) is 6. The topological polar surface area (TPSA) is 159 Å². The second kappa shape index (κ2) is 12.9. The van der Waals surface area contributed by atoms with Crippen LogP contribution in [0, 0.1) is 0 Å². The van der Waals surface area contributed by atoms with Crippen molar-refractivity contribution in [3.8, 4) is 17.2 Å². The molecule has 1 aromatic carbocycles. The monoisotopic (exact) mass is 494 g/mol. The molecule has 0 aliphatic carbocycles. The Morgan fingerprint density at radius 3 is 2.51 bits per heavy atom. The highest BCUT2D eigenvalue weighted by atomic mass is 16.7. The molecule has 10 nitrogen and oxygen atoms in total. The Hall–Kier alpha value is -2.63. The molecule has 0 spiro atoms. The van der Waals surface area contributed by atoms with E-state index in [0.29, 0.717) is 0 Å². The molecule has 0 radical (unpaired) electrons. The van der Waals surface area contributed by atoms with Crippen LogP contribution in [0.25, 0.3) is 11.0 Å². The minimum absolute atomic E-state index is 0.00185. The first kappa shape index (κ1) is 27.0. The smallest absolute Gasteiger partial charge is 0.383 e. The molecule has 194 valence electrons. The van der Waals surface area contributed by atoms with Crippen molar-refractivity contribution in [2.24, 2.45) is 0 Å². The Kier molecular flexibility index (Phi) is 9.93. The number of fused-ring (bicyclic) bond motifs is 1. The lowest BCUT2D eigenvalue weighted by atomic mass is 9.99. The van der Waals surface area contributed by atoms with Gasteiger partial charge < -0.3 is 44.2 Å². The molecule has 5 atom stereocenters. The third kappa shape index (κ3) is 6.74. The van der Waals surface area contributed by atoms with Gasteiger partial charge in [0.2, 0.25) is 6.29 Å². The fourth-order valence-corrected chi connectivity index (χ4v) is 3.85. The third-order valence-electron chi connectivity index (χ3n) is 5.92. The van der Waals surface area contributed by atoms with Crippen LogP contribution in [-0.4, -0.2) is 62.8 Å². The van der Waals surface area contributed by atoms with Crippen LogP contribution in [-0.2, 0) is 4.74 Å². The van der Waals surface area contributed by atoms with Gasteiger partial charge in [-0.15, -0.1) is 0 Å². The standard InChI is InChI=1S/C25H34O10/c1-2-3-4-5-6-7-8-9-12-32-23-19(27)16-11-10-15(13-17(16)34-24(23)31)33-25-22(30)21(29)20(28)18(14-26)35-25/h9-13,18,20-22,25-30H,2-8,14H2,1H3/t18-,20-,21+,22-,25-/m1/s1. The Morgan fingerprint density at radius 2 is 1.77 bits per heavy atom. The van der Waals surface area contributed by atoms with Crippen molar-refractivity contribution in [1.29, 1.82) is 0 Å². The van der Waals surface area contributed by atoms with E-state index in [-0.39, 0.29) is 28.2 Å². The SMILES string of the molecule is CCCCCCCCC=COc1c(O)c2ccc(O[C@@H]3O[C@H](CO)[C@@H](O)[C@H](O)[C@H]3O)cc2oc1=O. The molecule has 10 heteroatoms. The van der Waals surface area contributed by atoms with Gasteiger partial charge in [0.15, 0.2) is 5.75 Å². The van der Waals surface area contributed by atoms with Gasteiger partial charge in [0.25, 0.3) is 5.75 Å². The van der Waals surface area contributed by atoms with E-state index in [1.54, 1.807) is 6.08 Å². The number of aliphatic hydroxyl groups excluding tert-OH is 4. The number of benzene rings is 1. The molecule has 1 saturated heterocycles. The Balaban J connectivity index is 1.65. The van der Waals surface area contributed by atoms with Gasteiger partial charge >= 0.3 is 5.63 Å². The van der Waals surface area contributed by atoms with Crippen molar-refractivity contribution in [3.63, 3.8) is 0 Å². The summed E-state index contributed by atoms with van der Waals surface area (Å²) in [4.78, 5) is 12.4. The summed E-state index contributed by atoms with van der Waals surface area (Å²) < 4.78 is 21.4. The highest BCUT2D eigenvalue weighted by Crippen LogP contribution is 2.34. The predicted octanol–water partition coefficient (Wildman–Crippen LogP) is 2.32. The maximum absolute atomic E-state index is 12.4. The van der Waals surface area contributed by atoms with Crippen molar-refractivity contribution in [3.05, 3.63) is 41.0 Å². The highest BCUT2D eigenvalue weighted by molar-refractivity contribution is 5.86. The molecule has 2 heterocycles. The molecule has 1 fully saturated rings. The Bertz CT molecular complexity index is 1030. The second-order valence-electron chi connectivity index (χ2n) is 8.59. The first-order valence-corrected chi connectivity index (χ1v) is 12.0. The number of rotatable bonds is 12. The summed E-state index contributed by atoms with van der Waals surface area (Å²) >= 11 is 0. The van der Waals surface area contributed by atoms with Crippen molar-refractivity contribution in [2.45, 2.75) is 82.6 Å². The van der Waals surface area contributed by atoms with Gasteiger partial charge in [0.05, 0.1) is 18.3 Å². The largest absolute Gasteiger partial charge is 0.504 e. The van der Waals surface area contributed by atoms with Crippen LogP contribution >= 0.6 is 0 Å². The zero-order valence-corrected chi connectivity index (χ0v) is 19.7. The molecule has 0 saturated carbocycles. The number of ether oxygens (including phenoxy) is 3. The molecule has 5 N–H and O–H groups in total. The summed E-state index contributed by atoms with van der Waals surface area (Å²) in [5.74, 6) is -0.629. The van der Waals surface area contributed by atoms with Crippen LogP contribution < -0.4 is 15.1 Å². The van der Waals surface area contributed by atoms with E-state index in [1.165, 1.54) is 50.1 Å². The van der Waals surface area contributed by atoms with Crippen molar-refractivity contribution in [2.75, 3.05) is 6.61 Å². The molecular formula is C25H34O10. The van der Waals surface area contributed by atoms with Gasteiger partial charge in [0.1, 0.15) is 35.7 Å². The summed E-state index contributed by atoms with van der Waals surface area (Å²) in [5.41, 5.74) is -0.887. The number of allylic oxidation sites excluding steroid dienone is 1. The summed E-state index contributed by atoms with van der Waals surface area (Å²) in [6.07, 6.45) is 3.74. The van der Waals surface area contributed by atoms with Crippen LogP contribution in [0.15, 0.2) is 39.7 Å². The quantitative estimate of drug-likeness (QED) is 0.168. The lowest BCUT2D eigenvalue weighted by molar-refractivity contribution is -0.277. The van der Waals surface area contributed by atoms with Gasteiger partial charge in [-0.3, -0.25) is 0 Å². The van der Waals surface area contributed by atoms with Gasteiger partial charge in [-0.1, -0.05) is 39.0 Å². The van der Waals surface area contributed by atoms with Gasteiger partial charge in [-0.2, -0.15) is 0 Å². The molecule has 0 unspecified atom stereocenters. The first-order chi connectivity index (χ1) is 16.9. The second-order valence-corrected chi connectivity index (χ2v) is 8.59. The molecule has 2 aromatic rings. The minimum atomic E-state index is -1.60. The fourth-order valence-electron chi connectivity index (χ4n) is 3.85. The summed E-state index contributed by atoms with van der Waals surface area (Å²) in [5, 5.41) is 49.9. The maximum atomic E-state index is 12.4. The summed E-state index contributed by atoms with van der Waals surface area (Å²) in [6.45, 7) is 1.58. The van der Waals surface area contributed by atoms with Crippen LogP contribution in [0.5, 0.6) is 17.2 Å². The number of aromatic hydroxyl groups is 1. The molecule has 1 aliphatic rings. The average molecular weight is 495 g/mol. The zero-order chi connectivity index (χ0) is 25.4. The van der Waals surface area contributed by atoms with Crippen LogP contribution in [0.3, 0.4) is 0 Å². The van der Waals surface area contributed by atoms with E-state index in [9.17, 15) is 30.3 Å². The average Bonchev–Trinajstić information content (AvgIpc) is 2.84. The van der Waals surface area contributed by atoms with Gasteiger partial charge in [0, 0.05) is 6.07 Å². The molecule has 1 aliphatic heterocycles. The van der Waals surface area contributed by atoms with E-state index in [4.69, 9.17) is 18.6 Å². The normalized spacial score (nSPS) is 24.8.